The minimum Gasteiger partial charge on any atom is -0.457 e. The van der Waals surface area contributed by atoms with E-state index in [1.54, 1.807) is 4.57 Å². The molecule has 1 aliphatic rings. The Balaban J connectivity index is 1.48. The zero-order valence-electron chi connectivity index (χ0n) is 20.4. The normalized spacial score (nSPS) is 13.4. The van der Waals surface area contributed by atoms with Crippen molar-refractivity contribution in [2.24, 2.45) is 0 Å². The lowest BCUT2D eigenvalue weighted by Crippen LogP contribution is -2.48. The minimum absolute atomic E-state index is 0.0240. The van der Waals surface area contributed by atoms with Crippen molar-refractivity contribution in [2.75, 3.05) is 24.7 Å². The molecule has 2 heterocycles. The molecule has 0 saturated heterocycles. The number of aromatic nitrogens is 2. The molecule has 36 heavy (non-hydrogen) atoms. The van der Waals surface area contributed by atoms with Crippen molar-refractivity contribution < 1.29 is 9.84 Å². The summed E-state index contributed by atoms with van der Waals surface area (Å²) >= 11 is 0. The molecule has 0 bridgehead atoms. The van der Waals surface area contributed by atoms with E-state index in [4.69, 9.17) is 9.72 Å². The number of hydrogen-bond acceptors (Lipinski definition) is 6. The summed E-state index contributed by atoms with van der Waals surface area (Å²) in [6, 6.07) is 27.5. The first kappa shape index (κ1) is 23.8. The molecule has 1 aromatic heterocycles. The van der Waals surface area contributed by atoms with Crippen LogP contribution in [0.15, 0.2) is 89.7 Å². The molecule has 1 N–H and O–H groups in total. The third-order valence-corrected chi connectivity index (χ3v) is 6.36. The number of aliphatic hydroxyl groups is 1. The molecule has 3 aromatic carbocycles. The fraction of sp³-hybridized carbons (Fsp3) is 0.241. The van der Waals surface area contributed by atoms with Gasteiger partial charge in [0.05, 0.1) is 19.0 Å². The van der Waals surface area contributed by atoms with Crippen molar-refractivity contribution in [1.29, 1.82) is 0 Å². The van der Waals surface area contributed by atoms with Gasteiger partial charge < -0.3 is 9.84 Å². The molecular weight excluding hydrogens is 452 g/mol. The quantitative estimate of drug-likeness (QED) is 0.393. The molecule has 0 amide bonds. The third-order valence-electron chi connectivity index (χ3n) is 6.36. The Bertz CT molecular complexity index is 1360. The predicted octanol–water partition coefficient (Wildman–Crippen LogP) is 4.69. The lowest BCUT2D eigenvalue weighted by Gasteiger charge is -2.38. The monoisotopic (exact) mass is 482 g/mol. The van der Waals surface area contributed by atoms with E-state index in [-0.39, 0.29) is 12.2 Å². The first-order chi connectivity index (χ1) is 17.6. The fourth-order valence-electron chi connectivity index (χ4n) is 4.48. The van der Waals surface area contributed by atoms with Gasteiger partial charge in [0.1, 0.15) is 11.5 Å². The molecule has 1 aliphatic heterocycles. The van der Waals surface area contributed by atoms with E-state index in [0.717, 1.165) is 28.4 Å². The lowest BCUT2D eigenvalue weighted by atomic mass is 10.1. The van der Waals surface area contributed by atoms with Crippen molar-refractivity contribution in [3.8, 4) is 11.5 Å². The lowest BCUT2D eigenvalue weighted by molar-refractivity contribution is 0.175. The maximum Gasteiger partial charge on any atom is 0.259 e. The molecule has 5 rings (SSSR count). The van der Waals surface area contributed by atoms with E-state index < -0.39 is 0 Å². The smallest absolute Gasteiger partial charge is 0.259 e. The molecule has 7 nitrogen and oxygen atoms in total. The Morgan fingerprint density at radius 1 is 0.889 bits per heavy atom. The standard InChI is InChI=1S/C29H30N4O3/c1-22-27(19-23-9-4-2-5-10-23)28(35)33-21-31(17-8-18-34)20-32(29(33)30-22)24-13-15-26(16-14-24)36-25-11-6-3-7-12-25/h2-7,9-16,34H,8,17-21H2,1H3. The van der Waals surface area contributed by atoms with Crippen molar-refractivity contribution in [1.82, 2.24) is 14.5 Å². The van der Waals surface area contributed by atoms with Crippen LogP contribution in [-0.4, -0.2) is 39.4 Å². The van der Waals surface area contributed by atoms with Crippen molar-refractivity contribution in [2.45, 2.75) is 26.4 Å². The number of anilines is 2. The average molecular weight is 483 g/mol. The zero-order valence-corrected chi connectivity index (χ0v) is 20.4. The van der Waals surface area contributed by atoms with Crippen LogP contribution in [0.5, 0.6) is 11.5 Å². The summed E-state index contributed by atoms with van der Waals surface area (Å²) in [6.45, 7) is 3.70. The predicted molar refractivity (Wildman–Crippen MR) is 141 cm³/mol. The summed E-state index contributed by atoms with van der Waals surface area (Å²) in [6.07, 6.45) is 1.18. The molecule has 0 radical (unpaired) electrons. The van der Waals surface area contributed by atoms with Gasteiger partial charge in [-0.1, -0.05) is 48.5 Å². The highest BCUT2D eigenvalue weighted by Gasteiger charge is 2.27. The summed E-state index contributed by atoms with van der Waals surface area (Å²) in [5.41, 5.74) is 3.43. The van der Waals surface area contributed by atoms with Gasteiger partial charge in [0, 0.05) is 30.8 Å². The molecule has 0 spiro atoms. The topological polar surface area (TPSA) is 70.8 Å². The van der Waals surface area contributed by atoms with Gasteiger partial charge in [-0.05, 0) is 55.3 Å². The van der Waals surface area contributed by atoms with Crippen LogP contribution in [0.25, 0.3) is 0 Å². The number of hydrogen-bond donors (Lipinski definition) is 1. The Morgan fingerprint density at radius 2 is 1.56 bits per heavy atom. The third kappa shape index (κ3) is 5.17. The Kier molecular flexibility index (Phi) is 7.11. The number of nitrogens with zero attached hydrogens (tertiary/aromatic N) is 4. The summed E-state index contributed by atoms with van der Waals surface area (Å²) in [5.74, 6) is 2.14. The summed E-state index contributed by atoms with van der Waals surface area (Å²) in [4.78, 5) is 22.8. The van der Waals surface area contributed by atoms with E-state index >= 15 is 0 Å². The van der Waals surface area contributed by atoms with E-state index in [1.165, 1.54) is 0 Å². The number of ether oxygens (including phenoxy) is 1. The van der Waals surface area contributed by atoms with Crippen molar-refractivity contribution in [3.63, 3.8) is 0 Å². The van der Waals surface area contributed by atoms with Gasteiger partial charge in [0.2, 0.25) is 5.95 Å². The number of fused-ring (bicyclic) bond motifs is 1. The van der Waals surface area contributed by atoms with Gasteiger partial charge in [-0.3, -0.25) is 19.2 Å². The Labute approximate surface area is 210 Å². The van der Waals surface area contributed by atoms with E-state index in [0.29, 0.717) is 44.2 Å². The van der Waals surface area contributed by atoms with Crippen LogP contribution in [0.2, 0.25) is 0 Å². The molecule has 4 aromatic rings. The highest BCUT2D eigenvalue weighted by atomic mass is 16.5. The molecule has 184 valence electrons. The number of aliphatic hydroxyl groups excluding tert-OH is 1. The number of rotatable bonds is 8. The van der Waals surface area contributed by atoms with Crippen molar-refractivity contribution >= 4 is 11.6 Å². The Hall–Kier alpha value is -3.94. The number of aryl methyl sites for hydroxylation is 1. The van der Waals surface area contributed by atoms with Crippen LogP contribution in [0, 0.1) is 6.92 Å². The van der Waals surface area contributed by atoms with E-state index in [9.17, 15) is 9.90 Å². The van der Waals surface area contributed by atoms with E-state index in [1.807, 2.05) is 96.8 Å². The molecule has 0 unspecified atom stereocenters. The average Bonchev–Trinajstić information content (AvgIpc) is 2.91. The first-order valence-corrected chi connectivity index (χ1v) is 12.2. The SMILES string of the molecule is Cc1nc2n(c(=O)c1Cc1ccccc1)CN(CCCO)CN2c1ccc(Oc2ccccc2)cc1. The second-order valence-electron chi connectivity index (χ2n) is 8.96. The van der Waals surface area contributed by atoms with Crippen LogP contribution < -0.4 is 15.2 Å². The molecule has 0 atom stereocenters. The number of benzene rings is 3. The molecule has 0 saturated carbocycles. The van der Waals surface area contributed by atoms with Gasteiger partial charge in [0.15, 0.2) is 0 Å². The van der Waals surface area contributed by atoms with Crippen LogP contribution in [-0.2, 0) is 13.1 Å². The summed E-state index contributed by atoms with van der Waals surface area (Å²) in [7, 11) is 0. The highest BCUT2D eigenvalue weighted by Crippen LogP contribution is 2.30. The number of para-hydroxylation sites is 1. The summed E-state index contributed by atoms with van der Waals surface area (Å²) in [5, 5.41) is 9.39. The molecule has 0 fully saturated rings. The second-order valence-corrected chi connectivity index (χ2v) is 8.96. The second kappa shape index (κ2) is 10.8. The van der Waals surface area contributed by atoms with Gasteiger partial charge >= 0.3 is 0 Å². The first-order valence-electron chi connectivity index (χ1n) is 12.2. The van der Waals surface area contributed by atoms with Gasteiger partial charge in [-0.25, -0.2) is 4.98 Å². The largest absolute Gasteiger partial charge is 0.457 e. The van der Waals surface area contributed by atoms with Crippen LogP contribution in [0.4, 0.5) is 11.6 Å². The van der Waals surface area contributed by atoms with Crippen LogP contribution >= 0.6 is 0 Å². The van der Waals surface area contributed by atoms with Crippen LogP contribution in [0.3, 0.4) is 0 Å². The van der Waals surface area contributed by atoms with Gasteiger partial charge in [-0.15, -0.1) is 0 Å². The van der Waals surface area contributed by atoms with Gasteiger partial charge in [0.25, 0.3) is 5.56 Å². The maximum absolute atomic E-state index is 13.7. The fourth-order valence-corrected chi connectivity index (χ4v) is 4.48. The molecule has 0 aliphatic carbocycles. The molecule has 7 heteroatoms. The minimum atomic E-state index is -0.0240. The maximum atomic E-state index is 13.7. The highest BCUT2D eigenvalue weighted by molar-refractivity contribution is 5.60. The van der Waals surface area contributed by atoms with Crippen LogP contribution in [0.1, 0.15) is 23.2 Å². The van der Waals surface area contributed by atoms with Gasteiger partial charge in [-0.2, -0.15) is 0 Å². The summed E-state index contributed by atoms with van der Waals surface area (Å²) < 4.78 is 7.70. The molecular formula is C29H30N4O3. The van der Waals surface area contributed by atoms with E-state index in [2.05, 4.69) is 4.90 Å². The Morgan fingerprint density at radius 3 is 2.25 bits per heavy atom. The zero-order chi connectivity index (χ0) is 24.9. The van der Waals surface area contributed by atoms with Crippen molar-refractivity contribution in [3.05, 3.63) is 112 Å².